The summed E-state index contributed by atoms with van der Waals surface area (Å²) in [6, 6.07) is -1.38. The first kappa shape index (κ1) is 19.5. The number of fused-ring (bicyclic) bond motifs is 1. The minimum absolute atomic E-state index is 0.0584. The molecule has 0 radical (unpaired) electrons. The normalized spacial score (nSPS) is 29.9. The lowest BCUT2D eigenvalue weighted by molar-refractivity contribution is -0.150. The van der Waals surface area contributed by atoms with E-state index in [4.69, 9.17) is 4.74 Å². The first-order chi connectivity index (χ1) is 12.9. The molecule has 4 atom stereocenters. The predicted octanol–water partition coefficient (Wildman–Crippen LogP) is -2.04. The highest BCUT2D eigenvalue weighted by Crippen LogP contribution is 2.36. The lowest BCUT2D eigenvalue weighted by atomic mass is 10.0. The Labute approximate surface area is 157 Å². The monoisotopic (exact) mass is 401 g/mol. The third kappa shape index (κ3) is 3.35. The van der Waals surface area contributed by atoms with Gasteiger partial charge in [0, 0.05) is 12.1 Å². The average Bonchev–Trinajstić information content (AvgIpc) is 3.12. The van der Waals surface area contributed by atoms with E-state index in [2.05, 4.69) is 5.32 Å². The van der Waals surface area contributed by atoms with Gasteiger partial charge in [-0.05, 0) is 24.0 Å². The number of aliphatic hydroxyl groups is 1. The quantitative estimate of drug-likeness (QED) is 0.261. The van der Waals surface area contributed by atoms with Gasteiger partial charge in [0.05, 0.1) is 12.6 Å². The van der Waals surface area contributed by atoms with Crippen LogP contribution in [0.4, 0.5) is 4.79 Å². The molecule has 27 heavy (non-hydrogen) atoms. The number of nitrogens with zero attached hydrogens (tertiary/aromatic N) is 2. The van der Waals surface area contributed by atoms with Gasteiger partial charge in [0.1, 0.15) is 18.1 Å². The molecule has 0 aromatic carbocycles. The van der Waals surface area contributed by atoms with Gasteiger partial charge < -0.3 is 29.7 Å². The second kappa shape index (κ2) is 7.74. The van der Waals surface area contributed by atoms with E-state index in [-0.39, 0.29) is 29.7 Å². The van der Waals surface area contributed by atoms with Crippen molar-refractivity contribution in [3.8, 4) is 0 Å². The number of carbonyl (C=O) groups excluding carboxylic acids is 3. The van der Waals surface area contributed by atoms with Crippen molar-refractivity contribution >= 4 is 35.6 Å². The fourth-order valence-electron chi connectivity index (χ4n) is 3.56. The molecule has 12 heteroatoms. The number of carbonyl (C=O) groups is 4. The van der Waals surface area contributed by atoms with Crippen LogP contribution in [0.2, 0.25) is 0 Å². The second-order valence-corrected chi connectivity index (χ2v) is 7.90. The minimum Gasteiger partial charge on any atom is -0.614 e. The summed E-state index contributed by atoms with van der Waals surface area (Å²) in [5, 5.41) is 20.0. The van der Waals surface area contributed by atoms with Gasteiger partial charge in [0.2, 0.25) is 11.8 Å². The van der Waals surface area contributed by atoms with Crippen molar-refractivity contribution in [2.24, 2.45) is 0 Å². The predicted molar refractivity (Wildman–Crippen MR) is 89.5 cm³/mol. The maximum Gasteiger partial charge on any atom is 0.410 e. The van der Waals surface area contributed by atoms with Gasteiger partial charge in [-0.3, -0.25) is 14.5 Å². The third-order valence-electron chi connectivity index (χ3n) is 4.85. The topological polar surface area (TPSA) is 160 Å². The van der Waals surface area contributed by atoms with Crippen LogP contribution in [-0.4, -0.2) is 91.9 Å². The molecule has 3 rings (SSSR count). The molecule has 0 aromatic rings. The van der Waals surface area contributed by atoms with Gasteiger partial charge in [-0.2, -0.15) is 0 Å². The number of hydrogen-bond acceptors (Lipinski definition) is 7. The summed E-state index contributed by atoms with van der Waals surface area (Å²) in [5.41, 5.74) is -0.315. The number of β-lactam (4-membered cyclic amide) rings is 1. The van der Waals surface area contributed by atoms with Crippen molar-refractivity contribution < 1.29 is 38.7 Å². The fraction of sp³-hybridized carbons (Fsp3) is 0.600. The zero-order valence-electron chi connectivity index (χ0n) is 14.2. The van der Waals surface area contributed by atoms with Crippen LogP contribution in [0.3, 0.4) is 0 Å². The Morgan fingerprint density at radius 1 is 1.44 bits per heavy atom. The number of aliphatic carboxylic acids is 1. The smallest absolute Gasteiger partial charge is 0.410 e. The van der Waals surface area contributed by atoms with Gasteiger partial charge in [-0.15, -0.1) is 0 Å². The molecule has 3 heterocycles. The Balaban J connectivity index is 1.75. The lowest BCUT2D eigenvalue weighted by Crippen LogP contribution is -2.74. The first-order valence-corrected chi connectivity index (χ1v) is 9.68. The lowest BCUT2D eigenvalue weighted by Gasteiger charge is -2.48. The van der Waals surface area contributed by atoms with E-state index >= 15 is 0 Å². The van der Waals surface area contributed by atoms with Crippen LogP contribution in [0.25, 0.3) is 0 Å². The van der Waals surface area contributed by atoms with Crippen molar-refractivity contribution in [2.75, 3.05) is 25.5 Å². The largest absolute Gasteiger partial charge is 0.614 e. The van der Waals surface area contributed by atoms with E-state index in [1.165, 1.54) is 4.90 Å². The molecule has 3 N–H and O–H groups in total. The highest BCUT2D eigenvalue weighted by atomic mass is 32.2. The van der Waals surface area contributed by atoms with E-state index in [1.54, 1.807) is 0 Å². The number of hydrogen-bond donors (Lipinski definition) is 3. The summed E-state index contributed by atoms with van der Waals surface area (Å²) in [6.07, 6.45) is 0.967. The molecule has 2 unspecified atom stereocenters. The Bertz CT molecular complexity index is 699. The average molecular weight is 401 g/mol. The SMILES string of the molecule is O=CNC1C(=O)N2C(C(=O)O)=C(COC(=O)N3CCC[C@H]3CO)C[S+]([O-])[C@H]12. The molecule has 11 nitrogen and oxygen atoms in total. The Kier molecular flexibility index (Phi) is 5.58. The number of carboxylic acid groups (broad SMARTS) is 1. The van der Waals surface area contributed by atoms with Crippen LogP contribution in [0.15, 0.2) is 11.3 Å². The third-order valence-corrected chi connectivity index (χ3v) is 6.50. The summed E-state index contributed by atoms with van der Waals surface area (Å²) in [7, 11) is 0. The van der Waals surface area contributed by atoms with Crippen molar-refractivity contribution in [1.29, 1.82) is 0 Å². The van der Waals surface area contributed by atoms with Gasteiger partial charge in [0.15, 0.2) is 6.04 Å². The molecule has 0 bridgehead atoms. The van der Waals surface area contributed by atoms with Crippen molar-refractivity contribution in [1.82, 2.24) is 15.1 Å². The first-order valence-electron chi connectivity index (χ1n) is 8.30. The second-order valence-electron chi connectivity index (χ2n) is 6.37. The summed E-state index contributed by atoms with van der Waals surface area (Å²) < 4.78 is 17.6. The molecular weight excluding hydrogens is 382 g/mol. The molecule has 0 aliphatic carbocycles. The van der Waals surface area contributed by atoms with Crippen LogP contribution in [0, 0.1) is 0 Å². The van der Waals surface area contributed by atoms with Gasteiger partial charge >= 0.3 is 12.1 Å². The number of carboxylic acids is 1. The summed E-state index contributed by atoms with van der Waals surface area (Å²) >= 11 is -1.66. The molecule has 148 valence electrons. The number of ether oxygens (including phenoxy) is 1. The highest BCUT2D eigenvalue weighted by Gasteiger charge is 2.60. The highest BCUT2D eigenvalue weighted by molar-refractivity contribution is 7.92. The van der Waals surface area contributed by atoms with Crippen LogP contribution in [0.1, 0.15) is 12.8 Å². The van der Waals surface area contributed by atoms with Crippen LogP contribution in [0.5, 0.6) is 0 Å². The number of nitrogens with one attached hydrogen (secondary N) is 1. The maximum atomic E-state index is 12.4. The number of rotatable bonds is 6. The van der Waals surface area contributed by atoms with Crippen LogP contribution < -0.4 is 5.32 Å². The maximum absolute atomic E-state index is 12.4. The standard InChI is InChI=1S/C15H19N3O8S/c19-4-9-2-1-3-17(9)15(24)26-5-8-6-27(25)13-10(16-7-20)12(21)18(13)11(8)14(22)23/h7,9-10,13,19H,1-6H2,(H,16,20)(H,22,23)/t9-,10?,13+,27?/m0/s1. The molecular formula is C15H19N3O8S. The molecule has 3 aliphatic heterocycles. The van der Waals surface area contributed by atoms with Gasteiger partial charge in [-0.25, -0.2) is 9.59 Å². The van der Waals surface area contributed by atoms with E-state index < -0.39 is 47.2 Å². The Morgan fingerprint density at radius 3 is 2.81 bits per heavy atom. The summed E-state index contributed by atoms with van der Waals surface area (Å²) in [4.78, 5) is 48.8. The van der Waals surface area contributed by atoms with E-state index in [9.17, 15) is 33.9 Å². The molecule has 2 fully saturated rings. The zero-order valence-corrected chi connectivity index (χ0v) is 15.0. The van der Waals surface area contributed by atoms with Crippen molar-refractivity contribution in [3.05, 3.63) is 11.3 Å². The van der Waals surface area contributed by atoms with E-state index in [1.807, 2.05) is 0 Å². The van der Waals surface area contributed by atoms with Crippen LogP contribution >= 0.6 is 0 Å². The van der Waals surface area contributed by atoms with E-state index in [0.29, 0.717) is 19.4 Å². The Hall–Kier alpha value is -2.31. The van der Waals surface area contributed by atoms with Gasteiger partial charge in [-0.1, -0.05) is 0 Å². The number of likely N-dealkylation sites (tertiary alicyclic amines) is 1. The van der Waals surface area contributed by atoms with Crippen LogP contribution in [-0.2, 0) is 30.3 Å². The summed E-state index contributed by atoms with van der Waals surface area (Å²) in [6.45, 7) is -0.201. The van der Waals surface area contributed by atoms with Crippen molar-refractivity contribution in [2.45, 2.75) is 30.3 Å². The van der Waals surface area contributed by atoms with E-state index in [0.717, 1.165) is 11.3 Å². The molecule has 0 spiro atoms. The number of amides is 3. The number of aliphatic hydroxyl groups excluding tert-OH is 1. The molecule has 0 saturated carbocycles. The molecule has 3 aliphatic rings. The molecule has 2 saturated heterocycles. The minimum atomic E-state index is -1.66. The van der Waals surface area contributed by atoms with Gasteiger partial charge in [0.25, 0.3) is 5.91 Å². The fourth-order valence-corrected chi connectivity index (χ4v) is 5.23. The van der Waals surface area contributed by atoms with Crippen molar-refractivity contribution in [3.63, 3.8) is 0 Å². The summed E-state index contributed by atoms with van der Waals surface area (Å²) in [5.74, 6) is -2.28. The molecule has 3 amide bonds. The Morgan fingerprint density at radius 2 is 2.19 bits per heavy atom. The molecule has 0 aromatic heterocycles. The zero-order chi connectivity index (χ0) is 19.7.